The van der Waals surface area contributed by atoms with Gasteiger partial charge >= 0.3 is 6.03 Å². The molecule has 114 valence electrons. The minimum atomic E-state index is -0.405. The van der Waals surface area contributed by atoms with E-state index in [9.17, 15) is 9.59 Å². The summed E-state index contributed by atoms with van der Waals surface area (Å²) in [5, 5.41) is 2.84. The lowest BCUT2D eigenvalue weighted by Gasteiger charge is -2.22. The van der Waals surface area contributed by atoms with E-state index in [1.807, 2.05) is 18.2 Å². The Bertz CT molecular complexity index is 458. The van der Waals surface area contributed by atoms with Crippen molar-refractivity contribution in [3.05, 3.63) is 30.3 Å². The summed E-state index contributed by atoms with van der Waals surface area (Å²) >= 11 is 0. The van der Waals surface area contributed by atoms with Gasteiger partial charge in [0.05, 0.1) is 0 Å². The maximum Gasteiger partial charge on any atom is 0.333 e. The molecule has 1 aromatic rings. The third-order valence-corrected chi connectivity index (χ3v) is 3.37. The van der Waals surface area contributed by atoms with Gasteiger partial charge in [0.1, 0.15) is 5.75 Å². The number of amides is 3. The second kappa shape index (κ2) is 8.14. The summed E-state index contributed by atoms with van der Waals surface area (Å²) in [5.74, 6) is 0.206. The molecule has 0 spiro atoms. The monoisotopic (exact) mass is 291 g/mol. The Morgan fingerprint density at radius 3 is 2.48 bits per heavy atom. The Morgan fingerprint density at radius 1 is 1.05 bits per heavy atom. The SMILES string of the molecule is O=C(COc1ccccc1)NNC(=O)NC1CCCCC1. The minimum absolute atomic E-state index is 0.145. The molecule has 1 aliphatic rings. The van der Waals surface area contributed by atoms with Crippen molar-refractivity contribution >= 4 is 11.9 Å². The smallest absolute Gasteiger partial charge is 0.333 e. The fraction of sp³-hybridized carbons (Fsp3) is 0.467. The van der Waals surface area contributed by atoms with Gasteiger partial charge in [-0.3, -0.25) is 10.2 Å². The van der Waals surface area contributed by atoms with Gasteiger partial charge in [-0.25, -0.2) is 10.2 Å². The lowest BCUT2D eigenvalue weighted by Crippen LogP contribution is -2.51. The van der Waals surface area contributed by atoms with E-state index in [0.29, 0.717) is 5.75 Å². The zero-order chi connectivity index (χ0) is 14.9. The Morgan fingerprint density at radius 2 is 1.76 bits per heavy atom. The maximum absolute atomic E-state index is 11.6. The molecule has 1 aromatic carbocycles. The van der Waals surface area contributed by atoms with Gasteiger partial charge < -0.3 is 10.1 Å². The first-order chi connectivity index (χ1) is 10.2. The predicted octanol–water partition coefficient (Wildman–Crippen LogP) is 1.73. The van der Waals surface area contributed by atoms with Gasteiger partial charge in [-0.2, -0.15) is 0 Å². The Hall–Kier alpha value is -2.24. The van der Waals surface area contributed by atoms with E-state index in [1.54, 1.807) is 12.1 Å². The van der Waals surface area contributed by atoms with E-state index < -0.39 is 5.91 Å². The number of hydrogen-bond acceptors (Lipinski definition) is 3. The van der Waals surface area contributed by atoms with Crippen LogP contribution < -0.4 is 20.9 Å². The molecule has 1 fully saturated rings. The standard InChI is InChI=1S/C15H21N3O3/c19-14(11-21-13-9-5-2-6-10-13)17-18-15(20)16-12-7-3-1-4-8-12/h2,5-6,9-10,12H,1,3-4,7-8,11H2,(H,17,19)(H2,16,18,20). The molecule has 0 aliphatic heterocycles. The molecule has 2 rings (SSSR count). The number of hydrazine groups is 1. The Balaban J connectivity index is 1.60. The van der Waals surface area contributed by atoms with Crippen LogP contribution in [0, 0.1) is 0 Å². The fourth-order valence-electron chi connectivity index (χ4n) is 2.30. The number of rotatable bonds is 4. The van der Waals surface area contributed by atoms with Crippen LogP contribution in [0.3, 0.4) is 0 Å². The van der Waals surface area contributed by atoms with Crippen LogP contribution >= 0.6 is 0 Å². The van der Waals surface area contributed by atoms with E-state index in [2.05, 4.69) is 16.2 Å². The third-order valence-electron chi connectivity index (χ3n) is 3.37. The molecule has 1 saturated carbocycles. The van der Waals surface area contributed by atoms with Crippen LogP contribution in [-0.2, 0) is 4.79 Å². The van der Waals surface area contributed by atoms with Crippen molar-refractivity contribution in [3.8, 4) is 5.75 Å². The van der Waals surface area contributed by atoms with Crippen LogP contribution in [0.1, 0.15) is 32.1 Å². The van der Waals surface area contributed by atoms with Crippen LogP contribution in [0.5, 0.6) is 5.75 Å². The van der Waals surface area contributed by atoms with Crippen molar-refractivity contribution in [1.82, 2.24) is 16.2 Å². The molecule has 21 heavy (non-hydrogen) atoms. The first-order valence-electron chi connectivity index (χ1n) is 7.27. The average Bonchev–Trinajstić information content (AvgIpc) is 2.53. The Labute approximate surface area is 124 Å². The molecule has 0 bridgehead atoms. The summed E-state index contributed by atoms with van der Waals surface area (Å²) in [6.07, 6.45) is 5.51. The summed E-state index contributed by atoms with van der Waals surface area (Å²) < 4.78 is 5.27. The van der Waals surface area contributed by atoms with E-state index >= 15 is 0 Å². The quantitative estimate of drug-likeness (QED) is 0.739. The number of hydrogen-bond donors (Lipinski definition) is 3. The van der Waals surface area contributed by atoms with Crippen LogP contribution in [0.15, 0.2) is 30.3 Å². The highest BCUT2D eigenvalue weighted by Gasteiger charge is 2.15. The van der Waals surface area contributed by atoms with E-state index in [-0.39, 0.29) is 18.7 Å². The summed E-state index contributed by atoms with van der Waals surface area (Å²) in [6.45, 7) is -0.145. The molecule has 6 nitrogen and oxygen atoms in total. The van der Waals surface area contributed by atoms with E-state index in [1.165, 1.54) is 6.42 Å². The topological polar surface area (TPSA) is 79.5 Å². The van der Waals surface area contributed by atoms with Crippen LogP contribution in [0.25, 0.3) is 0 Å². The zero-order valence-electron chi connectivity index (χ0n) is 11.9. The summed E-state index contributed by atoms with van der Waals surface area (Å²) in [6, 6.07) is 8.86. The van der Waals surface area contributed by atoms with Crippen LogP contribution in [-0.4, -0.2) is 24.6 Å². The molecule has 0 aromatic heterocycles. The molecule has 3 N–H and O–H groups in total. The van der Waals surface area contributed by atoms with Gasteiger partial charge in [-0.05, 0) is 25.0 Å². The number of nitrogens with one attached hydrogen (secondary N) is 3. The highest BCUT2D eigenvalue weighted by Crippen LogP contribution is 2.16. The summed E-state index contributed by atoms with van der Waals surface area (Å²) in [5.41, 5.74) is 4.65. The molecule has 0 saturated heterocycles. The first-order valence-corrected chi connectivity index (χ1v) is 7.27. The van der Waals surface area contributed by atoms with Crippen molar-refractivity contribution in [2.45, 2.75) is 38.1 Å². The number of para-hydroxylation sites is 1. The lowest BCUT2D eigenvalue weighted by atomic mass is 9.96. The van der Waals surface area contributed by atoms with E-state index in [4.69, 9.17) is 4.74 Å². The highest BCUT2D eigenvalue weighted by molar-refractivity contribution is 5.82. The molecular weight excluding hydrogens is 270 g/mol. The van der Waals surface area contributed by atoms with Gasteiger partial charge in [-0.15, -0.1) is 0 Å². The highest BCUT2D eigenvalue weighted by atomic mass is 16.5. The summed E-state index contributed by atoms with van der Waals surface area (Å²) in [7, 11) is 0. The van der Waals surface area contributed by atoms with Crippen molar-refractivity contribution in [3.63, 3.8) is 0 Å². The molecule has 0 radical (unpaired) electrons. The summed E-state index contributed by atoms with van der Waals surface area (Å²) in [4.78, 5) is 23.1. The number of ether oxygens (including phenoxy) is 1. The molecule has 1 aliphatic carbocycles. The lowest BCUT2D eigenvalue weighted by molar-refractivity contribution is -0.123. The Kier molecular flexibility index (Phi) is 5.87. The van der Waals surface area contributed by atoms with Crippen LogP contribution in [0.2, 0.25) is 0 Å². The van der Waals surface area contributed by atoms with Crippen molar-refractivity contribution in [2.75, 3.05) is 6.61 Å². The zero-order valence-corrected chi connectivity index (χ0v) is 11.9. The number of benzene rings is 1. The predicted molar refractivity (Wildman–Crippen MR) is 78.6 cm³/mol. The van der Waals surface area contributed by atoms with Gasteiger partial charge in [0.15, 0.2) is 6.61 Å². The molecule has 0 unspecified atom stereocenters. The van der Waals surface area contributed by atoms with Gasteiger partial charge in [-0.1, -0.05) is 37.5 Å². The van der Waals surface area contributed by atoms with Gasteiger partial charge in [0.2, 0.25) is 0 Å². The molecule has 0 atom stereocenters. The first kappa shape index (κ1) is 15.2. The van der Waals surface area contributed by atoms with Crippen molar-refractivity contribution < 1.29 is 14.3 Å². The number of urea groups is 1. The second-order valence-electron chi connectivity index (χ2n) is 5.08. The number of carbonyl (C=O) groups is 2. The van der Waals surface area contributed by atoms with Gasteiger partial charge in [0, 0.05) is 6.04 Å². The largest absolute Gasteiger partial charge is 0.484 e. The van der Waals surface area contributed by atoms with Crippen molar-refractivity contribution in [2.24, 2.45) is 0 Å². The fourth-order valence-corrected chi connectivity index (χ4v) is 2.30. The van der Waals surface area contributed by atoms with Crippen molar-refractivity contribution in [1.29, 1.82) is 0 Å². The average molecular weight is 291 g/mol. The minimum Gasteiger partial charge on any atom is -0.484 e. The van der Waals surface area contributed by atoms with Crippen LogP contribution in [0.4, 0.5) is 4.79 Å². The molecule has 0 heterocycles. The second-order valence-corrected chi connectivity index (χ2v) is 5.08. The number of carbonyl (C=O) groups excluding carboxylic acids is 2. The van der Waals surface area contributed by atoms with E-state index in [0.717, 1.165) is 25.7 Å². The molecule has 3 amide bonds. The third kappa shape index (κ3) is 5.72. The molecule has 6 heteroatoms. The van der Waals surface area contributed by atoms with Gasteiger partial charge in [0.25, 0.3) is 5.91 Å². The normalized spacial score (nSPS) is 15.0. The molecular formula is C15H21N3O3. The maximum atomic E-state index is 11.6.